The van der Waals surface area contributed by atoms with Gasteiger partial charge in [0.1, 0.15) is 0 Å². The Kier molecular flexibility index (Phi) is 4.58. The number of nitrogens with one attached hydrogen (secondary N) is 1. The Morgan fingerprint density at radius 3 is 2.58 bits per heavy atom. The lowest BCUT2D eigenvalue weighted by atomic mass is 10.2. The first kappa shape index (κ1) is 9.96. The summed E-state index contributed by atoms with van der Waals surface area (Å²) in [5.74, 6) is 0. The minimum Gasteiger partial charge on any atom is -0.379 e. The Balaban J connectivity index is 1.76. The van der Waals surface area contributed by atoms with E-state index in [1.807, 2.05) is 0 Å². The van der Waals surface area contributed by atoms with Crippen LogP contribution >= 0.6 is 0 Å². The molecule has 1 aliphatic rings. The lowest BCUT2D eigenvalue weighted by Gasteiger charge is -2.27. The summed E-state index contributed by atoms with van der Waals surface area (Å²) in [7, 11) is 0. The number of hydrogen-bond donors (Lipinski definition) is 1. The Hall–Kier alpha value is -0.120. The maximum atomic E-state index is 5.52. The van der Waals surface area contributed by atoms with Crippen molar-refractivity contribution in [3.63, 3.8) is 0 Å². The highest BCUT2D eigenvalue weighted by molar-refractivity contribution is 4.74. The number of ether oxygens (including phenoxy) is 2. The Bertz CT molecular complexity index is 113. The van der Waals surface area contributed by atoms with Gasteiger partial charge < -0.3 is 14.8 Å². The van der Waals surface area contributed by atoms with Crippen molar-refractivity contribution in [1.29, 1.82) is 0 Å². The molecule has 72 valence electrons. The summed E-state index contributed by atoms with van der Waals surface area (Å²) in [6, 6.07) is 0. The smallest absolute Gasteiger partial charge is 0.0823 e. The molecule has 0 aromatic heterocycles. The van der Waals surface area contributed by atoms with Gasteiger partial charge in [-0.3, -0.25) is 0 Å². The van der Waals surface area contributed by atoms with E-state index in [4.69, 9.17) is 9.47 Å². The first-order valence-corrected chi connectivity index (χ1v) is 4.73. The van der Waals surface area contributed by atoms with Crippen molar-refractivity contribution in [3.8, 4) is 0 Å². The highest BCUT2D eigenvalue weighted by Crippen LogP contribution is 1.99. The van der Waals surface area contributed by atoms with Crippen LogP contribution in [0.15, 0.2) is 0 Å². The third kappa shape index (κ3) is 4.04. The van der Waals surface area contributed by atoms with E-state index >= 15 is 0 Å². The first-order valence-electron chi connectivity index (χ1n) is 4.73. The fourth-order valence-electron chi connectivity index (χ4n) is 1.01. The van der Waals surface area contributed by atoms with E-state index in [9.17, 15) is 0 Å². The number of rotatable bonds is 6. The van der Waals surface area contributed by atoms with Gasteiger partial charge in [0.05, 0.1) is 12.2 Å². The second-order valence-electron chi connectivity index (χ2n) is 3.42. The van der Waals surface area contributed by atoms with Gasteiger partial charge in [-0.2, -0.15) is 0 Å². The summed E-state index contributed by atoms with van der Waals surface area (Å²) in [6.45, 7) is 7.79. The highest BCUT2D eigenvalue weighted by Gasteiger charge is 2.15. The van der Waals surface area contributed by atoms with Crippen molar-refractivity contribution in [2.75, 3.05) is 26.3 Å². The molecule has 0 saturated carbocycles. The van der Waals surface area contributed by atoms with Gasteiger partial charge in [-0.1, -0.05) is 0 Å². The molecule has 0 aromatic rings. The van der Waals surface area contributed by atoms with Crippen molar-refractivity contribution in [2.45, 2.75) is 32.5 Å². The topological polar surface area (TPSA) is 30.5 Å². The number of hydrogen-bond acceptors (Lipinski definition) is 3. The molecule has 0 amide bonds. The quantitative estimate of drug-likeness (QED) is 0.602. The summed E-state index contributed by atoms with van der Waals surface area (Å²) >= 11 is 0. The summed E-state index contributed by atoms with van der Waals surface area (Å²) in [5.41, 5.74) is 0. The van der Waals surface area contributed by atoms with Crippen molar-refractivity contribution >= 4 is 0 Å². The summed E-state index contributed by atoms with van der Waals surface area (Å²) < 4.78 is 10.9. The van der Waals surface area contributed by atoms with Crippen LogP contribution < -0.4 is 5.32 Å². The van der Waals surface area contributed by atoms with E-state index in [0.29, 0.717) is 12.2 Å². The minimum atomic E-state index is 0.343. The molecule has 12 heavy (non-hydrogen) atoms. The van der Waals surface area contributed by atoms with E-state index in [0.717, 1.165) is 32.7 Å². The molecule has 1 heterocycles. The molecule has 1 fully saturated rings. The molecule has 1 N–H and O–H groups in total. The Labute approximate surface area is 74.4 Å². The van der Waals surface area contributed by atoms with Crippen LogP contribution in [0.1, 0.15) is 20.3 Å². The summed E-state index contributed by atoms with van der Waals surface area (Å²) in [5, 5.41) is 3.16. The third-order valence-corrected chi connectivity index (χ3v) is 1.84. The molecular weight excluding hydrogens is 154 g/mol. The largest absolute Gasteiger partial charge is 0.379 e. The normalized spacial score (nSPS) is 18.2. The predicted molar refractivity (Wildman–Crippen MR) is 48.3 cm³/mol. The zero-order valence-corrected chi connectivity index (χ0v) is 8.01. The lowest BCUT2D eigenvalue weighted by molar-refractivity contribution is -0.000818. The molecule has 1 rings (SSSR count). The summed E-state index contributed by atoms with van der Waals surface area (Å²) in [6.07, 6.45) is 1.81. The molecule has 0 bridgehead atoms. The molecule has 0 aliphatic carbocycles. The Morgan fingerprint density at radius 2 is 2.08 bits per heavy atom. The highest BCUT2D eigenvalue weighted by atomic mass is 16.5. The molecule has 0 spiro atoms. The van der Waals surface area contributed by atoms with E-state index in [2.05, 4.69) is 19.2 Å². The van der Waals surface area contributed by atoms with Crippen LogP contribution in [0.2, 0.25) is 0 Å². The van der Waals surface area contributed by atoms with Gasteiger partial charge >= 0.3 is 0 Å². The molecule has 1 aliphatic heterocycles. The van der Waals surface area contributed by atoms with Gasteiger partial charge in [0.2, 0.25) is 0 Å². The second-order valence-corrected chi connectivity index (χ2v) is 3.42. The second kappa shape index (κ2) is 5.51. The standard InChI is InChI=1S/C9H19NO2/c1-8(2)11-4-3-5-12-9-6-10-7-9/h8-10H,3-7H2,1-2H3. The van der Waals surface area contributed by atoms with Crippen molar-refractivity contribution in [1.82, 2.24) is 5.32 Å². The van der Waals surface area contributed by atoms with Crippen LogP contribution in [-0.2, 0) is 9.47 Å². The Morgan fingerprint density at radius 1 is 1.33 bits per heavy atom. The average Bonchev–Trinajstić information content (AvgIpc) is 1.92. The maximum absolute atomic E-state index is 5.52. The van der Waals surface area contributed by atoms with Crippen LogP contribution in [-0.4, -0.2) is 38.5 Å². The van der Waals surface area contributed by atoms with Crippen molar-refractivity contribution in [2.24, 2.45) is 0 Å². The molecule has 0 unspecified atom stereocenters. The fourth-order valence-corrected chi connectivity index (χ4v) is 1.01. The van der Waals surface area contributed by atoms with E-state index in [1.54, 1.807) is 0 Å². The third-order valence-electron chi connectivity index (χ3n) is 1.84. The molecule has 1 saturated heterocycles. The zero-order chi connectivity index (χ0) is 8.81. The molecule has 0 aromatic carbocycles. The zero-order valence-electron chi connectivity index (χ0n) is 8.01. The first-order chi connectivity index (χ1) is 5.79. The van der Waals surface area contributed by atoms with E-state index in [-0.39, 0.29) is 0 Å². The average molecular weight is 173 g/mol. The van der Waals surface area contributed by atoms with Gasteiger partial charge in [-0.15, -0.1) is 0 Å². The van der Waals surface area contributed by atoms with Gasteiger partial charge in [0, 0.05) is 26.3 Å². The van der Waals surface area contributed by atoms with Crippen LogP contribution in [0.25, 0.3) is 0 Å². The fraction of sp³-hybridized carbons (Fsp3) is 1.00. The molecule has 0 atom stereocenters. The van der Waals surface area contributed by atoms with Crippen molar-refractivity contribution < 1.29 is 9.47 Å². The molecule has 0 radical (unpaired) electrons. The molecule has 3 nitrogen and oxygen atoms in total. The van der Waals surface area contributed by atoms with E-state index in [1.165, 1.54) is 0 Å². The van der Waals surface area contributed by atoms with Gasteiger partial charge in [0.15, 0.2) is 0 Å². The van der Waals surface area contributed by atoms with E-state index < -0.39 is 0 Å². The minimum absolute atomic E-state index is 0.343. The van der Waals surface area contributed by atoms with Crippen molar-refractivity contribution in [3.05, 3.63) is 0 Å². The van der Waals surface area contributed by atoms with Gasteiger partial charge in [0.25, 0.3) is 0 Å². The van der Waals surface area contributed by atoms with Crippen LogP contribution in [0.4, 0.5) is 0 Å². The lowest BCUT2D eigenvalue weighted by Crippen LogP contribution is -2.48. The summed E-state index contributed by atoms with van der Waals surface area (Å²) in [4.78, 5) is 0. The maximum Gasteiger partial charge on any atom is 0.0823 e. The van der Waals surface area contributed by atoms with Crippen LogP contribution in [0, 0.1) is 0 Å². The molecular formula is C9H19NO2. The predicted octanol–water partition coefficient (Wildman–Crippen LogP) is 0.790. The van der Waals surface area contributed by atoms with Gasteiger partial charge in [-0.05, 0) is 20.3 Å². The van der Waals surface area contributed by atoms with Crippen LogP contribution in [0.5, 0.6) is 0 Å². The molecule has 3 heteroatoms. The monoisotopic (exact) mass is 173 g/mol. The van der Waals surface area contributed by atoms with Gasteiger partial charge in [-0.25, -0.2) is 0 Å². The SMILES string of the molecule is CC(C)OCCCOC1CNC1. The van der Waals surface area contributed by atoms with Crippen LogP contribution in [0.3, 0.4) is 0 Å².